The van der Waals surface area contributed by atoms with E-state index in [4.69, 9.17) is 4.74 Å². The van der Waals surface area contributed by atoms with Gasteiger partial charge in [0, 0.05) is 6.20 Å². The van der Waals surface area contributed by atoms with Gasteiger partial charge in [-0.15, -0.1) is 0 Å². The zero-order chi connectivity index (χ0) is 12.4. The lowest BCUT2D eigenvalue weighted by Crippen LogP contribution is -1.97. The van der Waals surface area contributed by atoms with E-state index < -0.39 is 0 Å². The van der Waals surface area contributed by atoms with Gasteiger partial charge in [-0.1, -0.05) is 20.8 Å². The molecular formula is C14H18N2O. The van der Waals surface area contributed by atoms with Crippen molar-refractivity contribution in [3.05, 3.63) is 29.6 Å². The van der Waals surface area contributed by atoms with Gasteiger partial charge in [-0.2, -0.15) is 0 Å². The number of fused-ring (bicyclic) bond motifs is 1. The molecule has 0 aliphatic carbocycles. The van der Waals surface area contributed by atoms with Crippen molar-refractivity contribution in [3.63, 3.8) is 0 Å². The number of nitrogens with zero attached hydrogens (tertiary/aromatic N) is 2. The third-order valence-electron chi connectivity index (χ3n) is 2.93. The summed E-state index contributed by atoms with van der Waals surface area (Å²) in [6.07, 6.45) is 2.73. The molecule has 1 aromatic carbocycles. The largest absolute Gasteiger partial charge is 0.494 e. The van der Waals surface area contributed by atoms with E-state index in [-0.39, 0.29) is 0 Å². The van der Waals surface area contributed by atoms with Crippen molar-refractivity contribution in [2.75, 3.05) is 7.11 Å². The van der Waals surface area contributed by atoms with Gasteiger partial charge in [0.25, 0.3) is 0 Å². The fourth-order valence-corrected chi connectivity index (χ4v) is 1.80. The summed E-state index contributed by atoms with van der Waals surface area (Å²) in [5.41, 5.74) is 3.99. The van der Waals surface area contributed by atoms with Crippen LogP contribution >= 0.6 is 0 Å². The van der Waals surface area contributed by atoms with Gasteiger partial charge in [-0.3, -0.25) is 4.98 Å². The molecule has 0 atom stereocenters. The third kappa shape index (κ3) is 2.23. The van der Waals surface area contributed by atoms with Crippen LogP contribution in [0.5, 0.6) is 5.75 Å². The summed E-state index contributed by atoms with van der Waals surface area (Å²) in [4.78, 5) is 9.04. The van der Waals surface area contributed by atoms with Crippen LogP contribution < -0.4 is 4.74 Å². The fraction of sp³-hybridized carbons (Fsp3) is 0.429. The van der Waals surface area contributed by atoms with Crippen molar-refractivity contribution < 1.29 is 4.74 Å². The first-order valence-electron chi connectivity index (χ1n) is 5.99. The Morgan fingerprint density at radius 1 is 1.29 bits per heavy atom. The van der Waals surface area contributed by atoms with Crippen LogP contribution in [0.1, 0.15) is 37.9 Å². The Hall–Kier alpha value is -1.64. The zero-order valence-electron chi connectivity index (χ0n) is 10.8. The van der Waals surface area contributed by atoms with E-state index in [0.29, 0.717) is 5.92 Å². The molecule has 0 saturated heterocycles. The summed E-state index contributed by atoms with van der Waals surface area (Å²) in [5, 5.41) is 0. The van der Waals surface area contributed by atoms with Crippen LogP contribution in [-0.4, -0.2) is 17.1 Å². The van der Waals surface area contributed by atoms with Gasteiger partial charge in [-0.05, 0) is 30.0 Å². The molecule has 2 aromatic rings. The molecule has 17 heavy (non-hydrogen) atoms. The number of benzene rings is 1. The standard InChI is InChI=1S/C14H18N2O/c1-5-11-8-15-12-6-10(9(2)3)7-13(17-4)14(12)16-11/h6-9H,5H2,1-4H3. The zero-order valence-corrected chi connectivity index (χ0v) is 10.8. The number of hydrogen-bond donors (Lipinski definition) is 0. The summed E-state index contributed by atoms with van der Waals surface area (Å²) < 4.78 is 5.42. The molecule has 1 heterocycles. The average Bonchev–Trinajstić information content (AvgIpc) is 2.36. The van der Waals surface area contributed by atoms with Crippen molar-refractivity contribution in [2.24, 2.45) is 0 Å². The molecular weight excluding hydrogens is 212 g/mol. The number of aryl methyl sites for hydroxylation is 1. The predicted octanol–water partition coefficient (Wildman–Crippen LogP) is 3.32. The van der Waals surface area contributed by atoms with E-state index in [1.165, 1.54) is 5.56 Å². The van der Waals surface area contributed by atoms with Gasteiger partial charge in [0.05, 0.1) is 18.3 Å². The van der Waals surface area contributed by atoms with Crippen molar-refractivity contribution in [2.45, 2.75) is 33.1 Å². The van der Waals surface area contributed by atoms with Crippen LogP contribution in [0.3, 0.4) is 0 Å². The Morgan fingerprint density at radius 2 is 2.06 bits per heavy atom. The van der Waals surface area contributed by atoms with E-state index in [1.54, 1.807) is 7.11 Å². The van der Waals surface area contributed by atoms with Gasteiger partial charge in [0.15, 0.2) is 0 Å². The average molecular weight is 230 g/mol. The lowest BCUT2D eigenvalue weighted by molar-refractivity contribution is 0.418. The quantitative estimate of drug-likeness (QED) is 0.811. The molecule has 1 aromatic heterocycles. The molecule has 90 valence electrons. The first-order valence-corrected chi connectivity index (χ1v) is 5.99. The summed E-state index contributed by atoms with van der Waals surface area (Å²) >= 11 is 0. The van der Waals surface area contributed by atoms with E-state index in [1.807, 2.05) is 6.20 Å². The number of methoxy groups -OCH3 is 1. The maximum absolute atomic E-state index is 5.42. The van der Waals surface area contributed by atoms with Gasteiger partial charge in [0.2, 0.25) is 0 Å². The normalized spacial score (nSPS) is 11.1. The molecule has 2 rings (SSSR count). The van der Waals surface area contributed by atoms with Crippen molar-refractivity contribution in [1.82, 2.24) is 9.97 Å². The lowest BCUT2D eigenvalue weighted by Gasteiger charge is -2.11. The van der Waals surface area contributed by atoms with Gasteiger partial charge in [-0.25, -0.2) is 4.98 Å². The van der Waals surface area contributed by atoms with Crippen LogP contribution in [0.4, 0.5) is 0 Å². The van der Waals surface area contributed by atoms with Crippen LogP contribution in [0.15, 0.2) is 18.3 Å². The van der Waals surface area contributed by atoms with Crippen molar-refractivity contribution in [1.29, 1.82) is 0 Å². The highest BCUT2D eigenvalue weighted by molar-refractivity contribution is 5.82. The van der Waals surface area contributed by atoms with Gasteiger partial charge < -0.3 is 4.74 Å². The lowest BCUT2D eigenvalue weighted by atomic mass is 10.0. The number of ether oxygens (including phenoxy) is 1. The van der Waals surface area contributed by atoms with E-state index in [0.717, 1.165) is 28.9 Å². The minimum atomic E-state index is 0.459. The molecule has 3 heteroatoms. The van der Waals surface area contributed by atoms with E-state index in [2.05, 4.69) is 42.9 Å². The minimum Gasteiger partial charge on any atom is -0.494 e. The second-order valence-corrected chi connectivity index (χ2v) is 4.46. The molecule has 3 nitrogen and oxygen atoms in total. The smallest absolute Gasteiger partial charge is 0.146 e. The molecule has 0 unspecified atom stereocenters. The number of aromatic nitrogens is 2. The highest BCUT2D eigenvalue weighted by Gasteiger charge is 2.09. The first kappa shape index (κ1) is 11.8. The molecule has 0 fully saturated rings. The van der Waals surface area contributed by atoms with Crippen molar-refractivity contribution >= 4 is 11.0 Å². The molecule has 0 N–H and O–H groups in total. The van der Waals surface area contributed by atoms with Crippen LogP contribution in [-0.2, 0) is 6.42 Å². The monoisotopic (exact) mass is 230 g/mol. The van der Waals surface area contributed by atoms with E-state index >= 15 is 0 Å². The second kappa shape index (κ2) is 4.70. The summed E-state index contributed by atoms with van der Waals surface area (Å²) in [6, 6.07) is 4.15. The third-order valence-corrected chi connectivity index (χ3v) is 2.93. The molecule has 0 spiro atoms. The highest BCUT2D eigenvalue weighted by Crippen LogP contribution is 2.28. The maximum atomic E-state index is 5.42. The highest BCUT2D eigenvalue weighted by atomic mass is 16.5. The first-order chi connectivity index (χ1) is 8.15. The Bertz CT molecular complexity index is 535. The Labute approximate surface area is 102 Å². The van der Waals surface area contributed by atoms with Crippen molar-refractivity contribution in [3.8, 4) is 5.75 Å². The molecule has 0 radical (unpaired) electrons. The second-order valence-electron chi connectivity index (χ2n) is 4.46. The number of rotatable bonds is 3. The molecule has 0 saturated carbocycles. The predicted molar refractivity (Wildman–Crippen MR) is 69.6 cm³/mol. The summed E-state index contributed by atoms with van der Waals surface area (Å²) in [5.74, 6) is 1.27. The Balaban J connectivity index is 2.68. The molecule has 0 bridgehead atoms. The Kier molecular flexibility index (Phi) is 3.27. The molecule has 0 amide bonds. The number of hydrogen-bond acceptors (Lipinski definition) is 3. The van der Waals surface area contributed by atoms with Crippen LogP contribution in [0.2, 0.25) is 0 Å². The van der Waals surface area contributed by atoms with E-state index in [9.17, 15) is 0 Å². The van der Waals surface area contributed by atoms with Gasteiger partial charge in [0.1, 0.15) is 11.3 Å². The molecule has 0 aliphatic rings. The van der Waals surface area contributed by atoms with Crippen LogP contribution in [0, 0.1) is 0 Å². The van der Waals surface area contributed by atoms with Crippen LogP contribution in [0.25, 0.3) is 11.0 Å². The molecule has 0 aliphatic heterocycles. The SMILES string of the molecule is CCc1cnc2cc(C(C)C)cc(OC)c2n1. The topological polar surface area (TPSA) is 35.0 Å². The summed E-state index contributed by atoms with van der Waals surface area (Å²) in [6.45, 7) is 6.40. The Morgan fingerprint density at radius 3 is 2.65 bits per heavy atom. The minimum absolute atomic E-state index is 0.459. The maximum Gasteiger partial charge on any atom is 0.146 e. The van der Waals surface area contributed by atoms with Gasteiger partial charge >= 0.3 is 0 Å². The fourth-order valence-electron chi connectivity index (χ4n) is 1.80. The summed E-state index contributed by atoms with van der Waals surface area (Å²) in [7, 11) is 1.68.